The molecule has 0 saturated heterocycles. The molecule has 0 aromatic heterocycles. The first-order valence-corrected chi connectivity index (χ1v) is 5.61. The molecule has 0 heterocycles. The Labute approximate surface area is 100 Å². The topological polar surface area (TPSA) is 44.8 Å². The molecule has 4 nitrogen and oxygen atoms in total. The molecule has 0 amide bonds. The highest BCUT2D eigenvalue weighted by Crippen LogP contribution is 2.31. The number of ketones is 1. The zero-order valence-corrected chi connectivity index (χ0v) is 10.1. The van der Waals surface area contributed by atoms with Gasteiger partial charge in [-0.1, -0.05) is 0 Å². The summed E-state index contributed by atoms with van der Waals surface area (Å²) in [6.45, 7) is 0.126. The van der Waals surface area contributed by atoms with Crippen LogP contribution in [0.15, 0.2) is 18.2 Å². The largest absolute Gasteiger partial charge is 0.496 e. The van der Waals surface area contributed by atoms with E-state index >= 15 is 0 Å². The number of hydrogen-bond donors (Lipinski definition) is 0. The normalized spacial score (nSPS) is 14.2. The Hall–Kier alpha value is -1.71. The first-order chi connectivity index (χ1) is 8.22. The van der Waals surface area contributed by atoms with E-state index in [2.05, 4.69) is 0 Å². The second-order valence-electron chi connectivity index (χ2n) is 4.08. The Morgan fingerprint density at radius 1 is 1.12 bits per heavy atom. The predicted molar refractivity (Wildman–Crippen MR) is 62.8 cm³/mol. The molecule has 0 unspecified atom stereocenters. The summed E-state index contributed by atoms with van der Waals surface area (Å²) in [6, 6.07) is 5.24. The lowest BCUT2D eigenvalue weighted by Crippen LogP contribution is -2.12. The number of carbonyl (C=O) groups is 1. The minimum absolute atomic E-state index is 0.126. The van der Waals surface area contributed by atoms with Crippen molar-refractivity contribution in [3.63, 3.8) is 0 Å². The first-order valence-electron chi connectivity index (χ1n) is 5.61. The molecule has 2 rings (SSSR count). The Morgan fingerprint density at radius 3 is 2.12 bits per heavy atom. The van der Waals surface area contributed by atoms with E-state index in [0.29, 0.717) is 17.2 Å². The minimum Gasteiger partial charge on any atom is -0.496 e. The molecular weight excluding hydrogens is 220 g/mol. The Morgan fingerprint density at radius 2 is 1.65 bits per heavy atom. The highest BCUT2D eigenvalue weighted by Gasteiger charge is 2.29. The fourth-order valence-corrected chi connectivity index (χ4v) is 1.54. The van der Waals surface area contributed by atoms with Gasteiger partial charge >= 0.3 is 0 Å². The Bertz CT molecular complexity index is 388. The van der Waals surface area contributed by atoms with Gasteiger partial charge in [-0.3, -0.25) is 4.79 Å². The van der Waals surface area contributed by atoms with Crippen LogP contribution in [0.25, 0.3) is 0 Å². The Kier molecular flexibility index (Phi) is 3.52. The summed E-state index contributed by atoms with van der Waals surface area (Å²) in [5.41, 5.74) is 0. The van der Waals surface area contributed by atoms with E-state index in [4.69, 9.17) is 14.2 Å². The molecule has 1 fully saturated rings. The van der Waals surface area contributed by atoms with E-state index in [9.17, 15) is 4.79 Å². The lowest BCUT2D eigenvalue weighted by Gasteiger charge is -2.09. The van der Waals surface area contributed by atoms with E-state index in [0.717, 1.165) is 12.8 Å². The van der Waals surface area contributed by atoms with Crippen molar-refractivity contribution in [2.75, 3.05) is 20.8 Å². The van der Waals surface area contributed by atoms with Crippen LogP contribution in [0, 0.1) is 5.92 Å². The van der Waals surface area contributed by atoms with Crippen molar-refractivity contribution in [3.8, 4) is 17.2 Å². The van der Waals surface area contributed by atoms with Crippen LogP contribution < -0.4 is 14.2 Å². The number of methoxy groups -OCH3 is 2. The van der Waals surface area contributed by atoms with Gasteiger partial charge in [-0.05, 0) is 12.8 Å². The van der Waals surface area contributed by atoms with Gasteiger partial charge in [0.1, 0.15) is 23.9 Å². The van der Waals surface area contributed by atoms with Crippen LogP contribution in [0.4, 0.5) is 0 Å². The van der Waals surface area contributed by atoms with Crippen molar-refractivity contribution < 1.29 is 19.0 Å². The van der Waals surface area contributed by atoms with Gasteiger partial charge in [-0.15, -0.1) is 0 Å². The number of rotatable bonds is 6. The Balaban J connectivity index is 2.00. The molecule has 17 heavy (non-hydrogen) atoms. The van der Waals surface area contributed by atoms with Crippen LogP contribution in [0.2, 0.25) is 0 Å². The molecule has 1 aliphatic carbocycles. The standard InChI is InChI=1S/C13H16O4/c1-15-10-5-11(16-2)7-12(6-10)17-8-13(14)9-3-4-9/h5-7,9H,3-4,8H2,1-2H3. The summed E-state index contributed by atoms with van der Waals surface area (Å²) >= 11 is 0. The summed E-state index contributed by atoms with van der Waals surface area (Å²) < 4.78 is 15.7. The third kappa shape index (κ3) is 3.12. The van der Waals surface area contributed by atoms with Gasteiger partial charge in [0.2, 0.25) is 0 Å². The number of benzene rings is 1. The first kappa shape index (κ1) is 11.8. The lowest BCUT2D eigenvalue weighted by molar-refractivity contribution is -0.122. The van der Waals surface area contributed by atoms with Gasteiger partial charge in [-0.25, -0.2) is 0 Å². The molecule has 0 radical (unpaired) electrons. The van der Waals surface area contributed by atoms with E-state index < -0.39 is 0 Å². The maximum absolute atomic E-state index is 11.5. The average molecular weight is 236 g/mol. The smallest absolute Gasteiger partial charge is 0.173 e. The van der Waals surface area contributed by atoms with Gasteiger partial charge in [-0.2, -0.15) is 0 Å². The molecule has 0 spiro atoms. The van der Waals surface area contributed by atoms with Gasteiger partial charge < -0.3 is 14.2 Å². The van der Waals surface area contributed by atoms with Crippen molar-refractivity contribution in [1.29, 1.82) is 0 Å². The minimum atomic E-state index is 0.126. The lowest BCUT2D eigenvalue weighted by atomic mass is 10.3. The monoisotopic (exact) mass is 236 g/mol. The molecule has 0 atom stereocenters. The van der Waals surface area contributed by atoms with E-state index in [1.165, 1.54) is 0 Å². The fraction of sp³-hybridized carbons (Fsp3) is 0.462. The zero-order chi connectivity index (χ0) is 12.3. The summed E-state index contributed by atoms with van der Waals surface area (Å²) in [5, 5.41) is 0. The fourth-order valence-electron chi connectivity index (χ4n) is 1.54. The van der Waals surface area contributed by atoms with Crippen molar-refractivity contribution in [2.45, 2.75) is 12.8 Å². The van der Waals surface area contributed by atoms with Crippen LogP contribution in [0.1, 0.15) is 12.8 Å². The highest BCUT2D eigenvalue weighted by atomic mass is 16.5. The number of Topliss-reactive ketones (excluding diaryl/α,β-unsaturated/α-hetero) is 1. The molecule has 1 aromatic rings. The van der Waals surface area contributed by atoms with Crippen molar-refractivity contribution in [1.82, 2.24) is 0 Å². The van der Waals surface area contributed by atoms with Crippen molar-refractivity contribution in [3.05, 3.63) is 18.2 Å². The summed E-state index contributed by atoms with van der Waals surface area (Å²) in [5.74, 6) is 2.29. The van der Waals surface area contributed by atoms with Gasteiger partial charge in [0, 0.05) is 24.1 Å². The number of hydrogen-bond acceptors (Lipinski definition) is 4. The van der Waals surface area contributed by atoms with Crippen LogP contribution in [0.5, 0.6) is 17.2 Å². The molecule has 0 aliphatic heterocycles. The van der Waals surface area contributed by atoms with Crippen LogP contribution in [0.3, 0.4) is 0 Å². The molecular formula is C13H16O4. The SMILES string of the molecule is COc1cc(OC)cc(OCC(=O)C2CC2)c1. The molecule has 0 bridgehead atoms. The maximum atomic E-state index is 11.5. The summed E-state index contributed by atoms with van der Waals surface area (Å²) in [4.78, 5) is 11.5. The third-order valence-electron chi connectivity index (χ3n) is 2.74. The van der Waals surface area contributed by atoms with Crippen LogP contribution >= 0.6 is 0 Å². The van der Waals surface area contributed by atoms with Crippen LogP contribution in [-0.2, 0) is 4.79 Å². The average Bonchev–Trinajstić information content (AvgIpc) is 3.19. The van der Waals surface area contributed by atoms with Crippen molar-refractivity contribution >= 4 is 5.78 Å². The second kappa shape index (κ2) is 5.08. The predicted octanol–water partition coefficient (Wildman–Crippen LogP) is 2.06. The molecule has 1 saturated carbocycles. The van der Waals surface area contributed by atoms with Gasteiger partial charge in [0.05, 0.1) is 14.2 Å². The molecule has 1 aromatic carbocycles. The molecule has 0 N–H and O–H groups in total. The maximum Gasteiger partial charge on any atom is 0.173 e. The zero-order valence-electron chi connectivity index (χ0n) is 10.1. The van der Waals surface area contributed by atoms with Gasteiger partial charge in [0.15, 0.2) is 5.78 Å². The third-order valence-corrected chi connectivity index (χ3v) is 2.74. The second-order valence-corrected chi connectivity index (χ2v) is 4.08. The number of carbonyl (C=O) groups excluding carboxylic acids is 1. The van der Waals surface area contributed by atoms with Crippen LogP contribution in [-0.4, -0.2) is 26.6 Å². The molecule has 1 aliphatic rings. The van der Waals surface area contributed by atoms with E-state index in [1.807, 2.05) is 0 Å². The van der Waals surface area contributed by atoms with Crippen molar-refractivity contribution in [2.24, 2.45) is 5.92 Å². The summed E-state index contributed by atoms with van der Waals surface area (Å²) in [7, 11) is 3.15. The number of ether oxygens (including phenoxy) is 3. The van der Waals surface area contributed by atoms with E-state index in [-0.39, 0.29) is 18.3 Å². The van der Waals surface area contributed by atoms with Gasteiger partial charge in [0.25, 0.3) is 0 Å². The molecule has 4 heteroatoms. The summed E-state index contributed by atoms with van der Waals surface area (Å²) in [6.07, 6.45) is 2.01. The quantitative estimate of drug-likeness (QED) is 0.758. The van der Waals surface area contributed by atoms with E-state index in [1.54, 1.807) is 32.4 Å². The molecule has 92 valence electrons. The highest BCUT2D eigenvalue weighted by molar-refractivity contribution is 5.84.